The van der Waals surface area contributed by atoms with Crippen molar-refractivity contribution in [2.75, 3.05) is 99.7 Å². The maximum Gasteiger partial charge on any atom is 0.302 e. The van der Waals surface area contributed by atoms with E-state index in [9.17, 15) is 24.9 Å². The van der Waals surface area contributed by atoms with Gasteiger partial charge < -0.3 is 77.3 Å². The second-order valence-electron chi connectivity index (χ2n) is 12.0. The van der Waals surface area contributed by atoms with Crippen LogP contribution in [0.25, 0.3) is 0 Å². The highest BCUT2D eigenvalue weighted by molar-refractivity contribution is 5.66. The number of para-hydroxylation sites is 2. The van der Waals surface area contributed by atoms with Gasteiger partial charge in [0.1, 0.15) is 88.3 Å². The van der Waals surface area contributed by atoms with Gasteiger partial charge in [-0.15, -0.1) is 0 Å². The lowest BCUT2D eigenvalue weighted by molar-refractivity contribution is -0.147. The molecule has 0 aliphatic carbocycles. The number of phenols is 1. The number of aromatic hydroxyl groups is 1. The first-order valence-electron chi connectivity index (χ1n) is 19.6. The molecule has 2 aromatic rings. The normalized spacial score (nSPS) is 17.9. The van der Waals surface area contributed by atoms with Crippen molar-refractivity contribution in [3.05, 3.63) is 60.7 Å². The molecule has 6 unspecified atom stereocenters. The second-order valence-corrected chi connectivity index (χ2v) is 12.0. The topological polar surface area (TPSA) is 236 Å². The van der Waals surface area contributed by atoms with Crippen LogP contribution in [0.2, 0.25) is 0 Å². The average Bonchev–Trinajstić information content (AvgIpc) is 4.09. The van der Waals surface area contributed by atoms with Crippen molar-refractivity contribution in [2.45, 2.75) is 78.2 Å². The number of carbonyl (C=O) groups excluding carboxylic acids is 2. The highest BCUT2D eigenvalue weighted by Crippen LogP contribution is 2.11. The van der Waals surface area contributed by atoms with Gasteiger partial charge in [0.2, 0.25) is 0 Å². The van der Waals surface area contributed by atoms with Crippen LogP contribution in [0.5, 0.6) is 11.5 Å². The van der Waals surface area contributed by atoms with Crippen LogP contribution in [-0.2, 0) is 61.7 Å². The monoisotopic (exact) mass is 848 g/mol. The average molecular weight is 849 g/mol. The van der Waals surface area contributed by atoms with E-state index in [2.05, 4.69) is 9.47 Å². The van der Waals surface area contributed by atoms with Crippen LogP contribution in [0.1, 0.15) is 41.5 Å². The van der Waals surface area contributed by atoms with Crippen LogP contribution in [0.4, 0.5) is 0 Å². The summed E-state index contributed by atoms with van der Waals surface area (Å²) in [4.78, 5) is 20.8. The Hall–Kier alpha value is -3.50. The number of rotatable bonds is 25. The number of aliphatic hydroxyl groups excluding tert-OH is 3. The zero-order chi connectivity index (χ0) is 43.9. The summed E-state index contributed by atoms with van der Waals surface area (Å²) in [5.41, 5.74) is 0. The quantitative estimate of drug-likeness (QED) is 0.0487. The standard InChI is InChI=1S/C13H18O5.2C9H16O6.C6H6O.2C2H6/c14-11(6-15-10-16-8-13-9-18-13)7-17-12-4-2-1-3-5-12;2*1-7(10)14-3-8(11)2-12-6-13-4-9-5-15-9;7-6-4-2-1-3-5-6;2*1-2/h1-5,11,13-14H,6-10H2;2*8-9,11H,2-6H2,1H3;1-5,7H;2*1-2H3. The first kappa shape index (κ1) is 55.5. The number of hydrogen-bond donors (Lipinski definition) is 4. The molecule has 3 heterocycles. The second kappa shape index (κ2) is 38.7. The summed E-state index contributed by atoms with van der Waals surface area (Å²) in [5.74, 6) is 0.216. The van der Waals surface area contributed by atoms with Gasteiger partial charge >= 0.3 is 11.9 Å². The van der Waals surface area contributed by atoms with Gasteiger partial charge in [-0.3, -0.25) is 9.59 Å². The lowest BCUT2D eigenvalue weighted by atomic mass is 10.3. The van der Waals surface area contributed by atoms with Crippen LogP contribution in [0, 0.1) is 0 Å². The van der Waals surface area contributed by atoms with Crippen LogP contribution >= 0.6 is 0 Å². The Bertz CT molecular complexity index is 1170. The molecule has 6 atom stereocenters. The van der Waals surface area contributed by atoms with Gasteiger partial charge in [0.15, 0.2) is 0 Å². The number of epoxide rings is 3. The Balaban J connectivity index is 0.000000763. The molecule has 0 saturated carbocycles. The molecule has 3 fully saturated rings. The molecule has 59 heavy (non-hydrogen) atoms. The van der Waals surface area contributed by atoms with Crippen LogP contribution < -0.4 is 4.74 Å². The summed E-state index contributed by atoms with van der Waals surface area (Å²) in [6, 6.07) is 18.1. The zero-order valence-corrected chi connectivity index (χ0v) is 35.3. The number of carbonyl (C=O) groups is 2. The van der Waals surface area contributed by atoms with E-state index in [-0.39, 0.29) is 78.3 Å². The van der Waals surface area contributed by atoms with Crippen molar-refractivity contribution in [3.8, 4) is 11.5 Å². The summed E-state index contributed by atoms with van der Waals surface area (Å²) in [7, 11) is 0. The molecule has 18 nitrogen and oxygen atoms in total. The van der Waals surface area contributed by atoms with Crippen molar-refractivity contribution >= 4 is 11.9 Å². The van der Waals surface area contributed by atoms with E-state index in [4.69, 9.17) is 52.5 Å². The van der Waals surface area contributed by atoms with E-state index in [0.717, 1.165) is 25.6 Å². The fourth-order valence-corrected chi connectivity index (χ4v) is 3.47. The molecule has 0 amide bonds. The molecule has 18 heteroatoms. The molecule has 3 aliphatic rings. The van der Waals surface area contributed by atoms with E-state index in [1.165, 1.54) is 13.8 Å². The third-order valence-electron chi connectivity index (χ3n) is 6.45. The maximum absolute atomic E-state index is 10.4. The molecule has 3 aliphatic heterocycles. The third kappa shape index (κ3) is 41.0. The van der Waals surface area contributed by atoms with Gasteiger partial charge in [0, 0.05) is 13.8 Å². The fourth-order valence-electron chi connectivity index (χ4n) is 3.47. The molecule has 5 rings (SSSR count). The van der Waals surface area contributed by atoms with Gasteiger partial charge in [-0.2, -0.15) is 0 Å². The highest BCUT2D eigenvalue weighted by Gasteiger charge is 2.23. The van der Waals surface area contributed by atoms with E-state index in [1.54, 1.807) is 24.3 Å². The molecular weight excluding hydrogens is 780 g/mol. The van der Waals surface area contributed by atoms with Crippen molar-refractivity contribution in [1.29, 1.82) is 0 Å². The van der Waals surface area contributed by atoms with Gasteiger partial charge in [-0.1, -0.05) is 64.1 Å². The number of phenolic OH excluding ortho intramolecular Hbond substituents is 1. The number of esters is 2. The zero-order valence-electron chi connectivity index (χ0n) is 35.3. The Kier molecular flexibility index (Phi) is 36.4. The molecule has 0 bridgehead atoms. The van der Waals surface area contributed by atoms with E-state index >= 15 is 0 Å². The smallest absolute Gasteiger partial charge is 0.302 e. The molecular formula is C41H68O18. The SMILES string of the molecule is CC.CC.CC(=O)OCC(O)COCOCC1CO1.CC(=O)OCC(O)COCOCC1CO1.OC(COCOCC1CO1)COc1ccccc1.Oc1ccccc1. The summed E-state index contributed by atoms with van der Waals surface area (Å²) < 4.78 is 59.8. The largest absolute Gasteiger partial charge is 0.508 e. The minimum atomic E-state index is -0.810. The van der Waals surface area contributed by atoms with E-state index in [0.29, 0.717) is 25.6 Å². The van der Waals surface area contributed by atoms with Crippen LogP contribution in [0.3, 0.4) is 0 Å². The van der Waals surface area contributed by atoms with Crippen molar-refractivity contribution in [3.63, 3.8) is 0 Å². The predicted octanol–water partition coefficient (Wildman–Crippen LogP) is 2.86. The predicted molar refractivity (Wildman–Crippen MR) is 214 cm³/mol. The molecule has 340 valence electrons. The van der Waals surface area contributed by atoms with Gasteiger partial charge in [0.25, 0.3) is 0 Å². The van der Waals surface area contributed by atoms with Gasteiger partial charge in [-0.05, 0) is 24.3 Å². The first-order valence-corrected chi connectivity index (χ1v) is 19.6. The molecule has 2 aromatic carbocycles. The van der Waals surface area contributed by atoms with E-state index in [1.807, 2.05) is 64.1 Å². The molecule has 4 N–H and O–H groups in total. The Morgan fingerprint density at radius 1 is 0.542 bits per heavy atom. The molecule has 0 aromatic heterocycles. The van der Waals surface area contributed by atoms with Crippen LogP contribution in [-0.4, -0.2) is 169 Å². The first-order chi connectivity index (χ1) is 28.6. The number of benzene rings is 2. The highest BCUT2D eigenvalue weighted by atomic mass is 16.7. The minimum Gasteiger partial charge on any atom is -0.508 e. The van der Waals surface area contributed by atoms with Crippen molar-refractivity contribution < 1.29 is 86.9 Å². The summed E-state index contributed by atoms with van der Waals surface area (Å²) >= 11 is 0. The number of aliphatic hydroxyl groups is 3. The summed E-state index contributed by atoms with van der Waals surface area (Å²) in [5, 5.41) is 36.7. The lowest BCUT2D eigenvalue weighted by Crippen LogP contribution is -2.24. The van der Waals surface area contributed by atoms with Crippen LogP contribution in [0.15, 0.2) is 60.7 Å². The maximum atomic E-state index is 10.4. The molecule has 0 spiro atoms. The lowest BCUT2D eigenvalue weighted by Gasteiger charge is -2.12. The minimum absolute atomic E-state index is 0.0545. The molecule has 3 saturated heterocycles. The van der Waals surface area contributed by atoms with Crippen molar-refractivity contribution in [2.24, 2.45) is 0 Å². The number of ether oxygens (including phenoxy) is 12. The van der Waals surface area contributed by atoms with Crippen molar-refractivity contribution in [1.82, 2.24) is 0 Å². The Morgan fingerprint density at radius 3 is 1.15 bits per heavy atom. The van der Waals surface area contributed by atoms with Gasteiger partial charge in [0.05, 0.1) is 59.5 Å². The Labute approximate surface area is 348 Å². The van der Waals surface area contributed by atoms with E-state index < -0.39 is 30.3 Å². The number of hydrogen-bond acceptors (Lipinski definition) is 18. The summed E-state index contributed by atoms with van der Waals surface area (Å²) in [6.45, 7) is 15.2. The fraction of sp³-hybridized carbons (Fsp3) is 0.659. The van der Waals surface area contributed by atoms with Gasteiger partial charge in [-0.25, -0.2) is 0 Å². The Morgan fingerprint density at radius 2 is 0.864 bits per heavy atom. The molecule has 0 radical (unpaired) electrons. The summed E-state index contributed by atoms with van der Waals surface area (Å²) in [6.07, 6.45) is -1.63. The third-order valence-corrected chi connectivity index (χ3v) is 6.45.